The van der Waals surface area contributed by atoms with Crippen molar-refractivity contribution in [2.45, 2.75) is 31.4 Å². The van der Waals surface area contributed by atoms with Crippen LogP contribution in [0.3, 0.4) is 0 Å². The zero-order chi connectivity index (χ0) is 23.4. The molecule has 0 aliphatic carbocycles. The molecule has 0 unspecified atom stereocenters. The number of pyridine rings is 1. The third-order valence-corrected chi connectivity index (χ3v) is 5.05. The molecule has 0 saturated heterocycles. The van der Waals surface area contributed by atoms with Crippen LogP contribution in [0.5, 0.6) is 0 Å². The van der Waals surface area contributed by atoms with Crippen molar-refractivity contribution in [3.63, 3.8) is 0 Å². The Bertz CT molecular complexity index is 1200. The van der Waals surface area contributed by atoms with Crippen molar-refractivity contribution in [3.05, 3.63) is 46.4 Å². The third-order valence-electron chi connectivity index (χ3n) is 4.74. The maximum Gasteiger partial charge on any atom is 0.453 e. The number of nitrogens with one attached hydrogen (secondary N) is 1. The minimum absolute atomic E-state index is 0.00379. The minimum Gasteiger partial charge on any atom is -0.341 e. The molecule has 0 saturated carbocycles. The molecule has 4 heterocycles. The second kappa shape index (κ2) is 7.46. The molecular weight excluding hydrogens is 468 g/mol. The number of nitrogens with zero attached hydrogens (tertiary/aromatic N) is 6. The summed E-state index contributed by atoms with van der Waals surface area (Å²) in [4.78, 5) is 19.0. The van der Waals surface area contributed by atoms with Gasteiger partial charge in [-0.1, -0.05) is 11.6 Å². The summed E-state index contributed by atoms with van der Waals surface area (Å²) in [6, 6.07) is 1.57. The van der Waals surface area contributed by atoms with Gasteiger partial charge in [0.15, 0.2) is 0 Å². The quantitative estimate of drug-likeness (QED) is 0.579. The standard InChI is InChI=1S/C17H12ClF6N7O/c1-30-13(27-15(29-30)17(22,23)24)14(32)26-9-2-3-31-11(9)5-10(28-31)7-4-12(16(19,20)21)25-6-8(7)18/h4-6,9H,2-3H2,1H3,(H,26,32)/t9-/m1/s1. The Morgan fingerprint density at radius 1 is 1.16 bits per heavy atom. The lowest BCUT2D eigenvalue weighted by atomic mass is 10.1. The Labute approximate surface area is 180 Å². The number of aromatic nitrogens is 6. The monoisotopic (exact) mass is 479 g/mol. The van der Waals surface area contributed by atoms with E-state index in [4.69, 9.17) is 11.6 Å². The second-order valence-corrected chi connectivity index (χ2v) is 7.33. The van der Waals surface area contributed by atoms with E-state index in [2.05, 4.69) is 25.5 Å². The Balaban J connectivity index is 1.59. The molecule has 1 aliphatic heterocycles. The SMILES string of the molecule is Cn1nc(C(F)(F)F)nc1C(=O)N[C@@H]1CCn2nc(-c3cc(C(F)(F)F)ncc3Cl)cc21. The number of alkyl halides is 6. The van der Waals surface area contributed by atoms with Gasteiger partial charge in [0.2, 0.25) is 5.82 Å². The van der Waals surface area contributed by atoms with E-state index >= 15 is 0 Å². The van der Waals surface area contributed by atoms with E-state index in [0.717, 1.165) is 19.3 Å². The number of rotatable bonds is 3. The molecule has 3 aromatic rings. The number of halogens is 7. The Morgan fingerprint density at radius 2 is 1.88 bits per heavy atom. The van der Waals surface area contributed by atoms with E-state index in [0.29, 0.717) is 23.3 Å². The summed E-state index contributed by atoms with van der Waals surface area (Å²) in [5.41, 5.74) is -0.551. The molecular formula is C17H12ClF6N7O. The van der Waals surface area contributed by atoms with E-state index in [9.17, 15) is 31.1 Å². The van der Waals surface area contributed by atoms with Gasteiger partial charge < -0.3 is 5.32 Å². The van der Waals surface area contributed by atoms with Gasteiger partial charge in [-0.25, -0.2) is 4.68 Å². The highest BCUT2D eigenvalue weighted by Gasteiger charge is 2.38. The zero-order valence-corrected chi connectivity index (χ0v) is 16.7. The van der Waals surface area contributed by atoms with Crippen molar-refractivity contribution >= 4 is 17.5 Å². The van der Waals surface area contributed by atoms with Crippen LogP contribution in [-0.2, 0) is 25.9 Å². The van der Waals surface area contributed by atoms with Crippen LogP contribution in [0.1, 0.15) is 40.3 Å². The molecule has 15 heteroatoms. The fraction of sp³-hybridized carbons (Fsp3) is 0.353. The molecule has 0 spiro atoms. The highest BCUT2D eigenvalue weighted by Crippen LogP contribution is 2.36. The molecule has 32 heavy (non-hydrogen) atoms. The minimum atomic E-state index is -4.81. The van der Waals surface area contributed by atoms with Gasteiger partial charge in [0.25, 0.3) is 11.7 Å². The van der Waals surface area contributed by atoms with Crippen LogP contribution in [0.25, 0.3) is 11.3 Å². The van der Waals surface area contributed by atoms with Crippen molar-refractivity contribution in [3.8, 4) is 11.3 Å². The molecule has 4 rings (SSSR count). The lowest BCUT2D eigenvalue weighted by Gasteiger charge is -2.11. The number of amides is 1. The van der Waals surface area contributed by atoms with Crippen LogP contribution in [0.4, 0.5) is 26.3 Å². The highest BCUT2D eigenvalue weighted by molar-refractivity contribution is 6.33. The Kier molecular flexibility index (Phi) is 5.14. The molecule has 0 aromatic carbocycles. The molecule has 1 aliphatic rings. The van der Waals surface area contributed by atoms with Crippen LogP contribution < -0.4 is 5.32 Å². The van der Waals surface area contributed by atoms with Gasteiger partial charge in [-0.3, -0.25) is 14.5 Å². The summed E-state index contributed by atoms with van der Waals surface area (Å²) in [6.45, 7) is 0.321. The number of fused-ring (bicyclic) bond motifs is 1. The topological polar surface area (TPSA) is 90.5 Å². The first kappa shape index (κ1) is 22.0. The number of aryl methyl sites for hydroxylation is 2. The van der Waals surface area contributed by atoms with Gasteiger partial charge in [-0.2, -0.15) is 36.4 Å². The number of hydrogen-bond acceptors (Lipinski definition) is 5. The third kappa shape index (κ3) is 4.01. The average molecular weight is 480 g/mol. The van der Waals surface area contributed by atoms with Crippen LogP contribution >= 0.6 is 11.6 Å². The molecule has 1 atom stereocenters. The first-order valence-corrected chi connectivity index (χ1v) is 9.32. The smallest absolute Gasteiger partial charge is 0.341 e. The fourth-order valence-electron chi connectivity index (χ4n) is 3.28. The van der Waals surface area contributed by atoms with E-state index in [1.165, 1.54) is 10.7 Å². The predicted octanol–water partition coefficient (Wildman–Crippen LogP) is 3.64. The molecule has 170 valence electrons. The molecule has 0 fully saturated rings. The van der Waals surface area contributed by atoms with Crippen molar-refractivity contribution in [1.29, 1.82) is 0 Å². The number of hydrogen-bond donors (Lipinski definition) is 1. The van der Waals surface area contributed by atoms with Gasteiger partial charge in [-0.15, -0.1) is 5.10 Å². The first-order chi connectivity index (χ1) is 14.8. The highest BCUT2D eigenvalue weighted by atomic mass is 35.5. The average Bonchev–Trinajstić information content (AvgIpc) is 3.36. The largest absolute Gasteiger partial charge is 0.453 e. The summed E-state index contributed by atoms with van der Waals surface area (Å²) in [6.07, 6.45) is -8.24. The zero-order valence-electron chi connectivity index (χ0n) is 16.0. The van der Waals surface area contributed by atoms with Gasteiger partial charge in [-0.05, 0) is 18.6 Å². The lowest BCUT2D eigenvalue weighted by molar-refractivity contribution is -0.145. The summed E-state index contributed by atoms with van der Waals surface area (Å²) >= 11 is 6.00. The Morgan fingerprint density at radius 3 is 2.50 bits per heavy atom. The van der Waals surface area contributed by atoms with Crippen molar-refractivity contribution in [2.75, 3.05) is 0 Å². The lowest BCUT2D eigenvalue weighted by Crippen LogP contribution is -2.29. The van der Waals surface area contributed by atoms with Crippen molar-refractivity contribution in [2.24, 2.45) is 7.05 Å². The van der Waals surface area contributed by atoms with E-state index in [-0.39, 0.29) is 16.3 Å². The molecule has 1 N–H and O–H groups in total. The van der Waals surface area contributed by atoms with E-state index in [1.54, 1.807) is 0 Å². The van der Waals surface area contributed by atoms with Crippen LogP contribution in [-0.4, -0.2) is 35.4 Å². The summed E-state index contributed by atoms with van der Waals surface area (Å²) < 4.78 is 79.5. The summed E-state index contributed by atoms with van der Waals surface area (Å²) in [7, 11) is 1.15. The van der Waals surface area contributed by atoms with Gasteiger partial charge in [0.05, 0.1) is 22.5 Å². The fourth-order valence-corrected chi connectivity index (χ4v) is 3.48. The summed E-state index contributed by atoms with van der Waals surface area (Å²) in [5, 5.41) is 9.94. The number of carbonyl (C=O) groups excluding carboxylic acids is 1. The Hall–Kier alpha value is -3.16. The summed E-state index contributed by atoms with van der Waals surface area (Å²) in [5.74, 6) is -2.88. The molecule has 0 radical (unpaired) electrons. The van der Waals surface area contributed by atoms with E-state index < -0.39 is 41.6 Å². The maximum atomic E-state index is 13.0. The molecule has 1 amide bonds. The van der Waals surface area contributed by atoms with Gasteiger partial charge in [0, 0.05) is 25.4 Å². The predicted molar refractivity (Wildman–Crippen MR) is 96.3 cm³/mol. The first-order valence-electron chi connectivity index (χ1n) is 8.94. The van der Waals surface area contributed by atoms with Gasteiger partial charge >= 0.3 is 12.4 Å². The van der Waals surface area contributed by atoms with E-state index in [1.807, 2.05) is 0 Å². The van der Waals surface area contributed by atoms with Crippen LogP contribution in [0.15, 0.2) is 18.3 Å². The molecule has 0 bridgehead atoms. The molecule has 8 nitrogen and oxygen atoms in total. The second-order valence-electron chi connectivity index (χ2n) is 6.92. The number of carbonyl (C=O) groups is 1. The van der Waals surface area contributed by atoms with Crippen LogP contribution in [0.2, 0.25) is 5.02 Å². The molecule has 3 aromatic heterocycles. The van der Waals surface area contributed by atoms with Crippen LogP contribution in [0, 0.1) is 0 Å². The normalized spacial score (nSPS) is 16.3. The van der Waals surface area contributed by atoms with Gasteiger partial charge in [0.1, 0.15) is 5.69 Å². The maximum absolute atomic E-state index is 13.0. The van der Waals surface area contributed by atoms with Crippen molar-refractivity contribution in [1.82, 2.24) is 34.8 Å². The van der Waals surface area contributed by atoms with Crippen molar-refractivity contribution < 1.29 is 31.1 Å².